The van der Waals surface area contributed by atoms with Gasteiger partial charge in [0, 0.05) is 19.1 Å². The summed E-state index contributed by atoms with van der Waals surface area (Å²) in [4.78, 5) is 2.89. The minimum atomic E-state index is -0.276. The minimum Gasteiger partial charge on any atom is -0.390 e. The van der Waals surface area contributed by atoms with Gasteiger partial charge in [0.15, 0.2) is 0 Å². The number of hydrogen-bond acceptors (Lipinski definition) is 2. The summed E-state index contributed by atoms with van der Waals surface area (Å²) in [6, 6.07) is 0.722. The number of nitrogens with zero attached hydrogens (tertiary/aromatic N) is 1. The van der Waals surface area contributed by atoms with Crippen LogP contribution in [0.25, 0.3) is 0 Å². The molecule has 0 radical (unpaired) electrons. The average molecular weight is 332 g/mol. The van der Waals surface area contributed by atoms with Gasteiger partial charge in [-0.1, -0.05) is 20.8 Å². The van der Waals surface area contributed by atoms with E-state index in [1.54, 1.807) is 0 Å². The average Bonchev–Trinajstić information content (AvgIpc) is 2.61. The van der Waals surface area contributed by atoms with E-state index < -0.39 is 0 Å². The van der Waals surface area contributed by atoms with E-state index in [0.29, 0.717) is 10.8 Å². The van der Waals surface area contributed by atoms with Crippen LogP contribution in [-0.2, 0) is 0 Å². The topological polar surface area (TPSA) is 23.5 Å². The fraction of sp³-hybridized carbons (Fsp3) is 1.00. The Morgan fingerprint density at radius 3 is 2.29 bits per heavy atom. The molecule has 5 aliphatic carbocycles. The highest BCUT2D eigenvalue weighted by Gasteiger charge is 2.59. The largest absolute Gasteiger partial charge is 0.390 e. The van der Waals surface area contributed by atoms with Crippen LogP contribution in [0.4, 0.5) is 0 Å². The van der Waals surface area contributed by atoms with Crippen molar-refractivity contribution in [3.8, 4) is 0 Å². The highest BCUT2D eigenvalue weighted by Crippen LogP contribution is 2.62. The molecule has 0 unspecified atom stereocenters. The van der Waals surface area contributed by atoms with Gasteiger partial charge >= 0.3 is 0 Å². The number of aliphatic hydroxyl groups is 1. The first-order valence-electron chi connectivity index (χ1n) is 10.7. The van der Waals surface area contributed by atoms with E-state index in [1.165, 1.54) is 38.8 Å². The number of fused-ring (bicyclic) bond motifs is 2. The molecular formula is C22H37NO. The van der Waals surface area contributed by atoms with Gasteiger partial charge in [0.2, 0.25) is 0 Å². The van der Waals surface area contributed by atoms with Crippen molar-refractivity contribution in [2.45, 2.75) is 84.3 Å². The van der Waals surface area contributed by atoms with Crippen LogP contribution in [0, 0.1) is 40.4 Å². The molecule has 5 saturated carbocycles. The molecule has 1 saturated heterocycles. The van der Waals surface area contributed by atoms with Crippen molar-refractivity contribution in [3.63, 3.8) is 0 Å². The summed E-state index contributed by atoms with van der Waals surface area (Å²) in [5.74, 6) is 4.18. The normalized spacial score (nSPS) is 56.6. The number of rotatable bonds is 2. The summed E-state index contributed by atoms with van der Waals surface area (Å²) in [7, 11) is 0. The summed E-state index contributed by atoms with van der Waals surface area (Å²) in [5, 5.41) is 10.9. The molecule has 1 N–H and O–H groups in total. The maximum absolute atomic E-state index is 10.9. The maximum Gasteiger partial charge on any atom is 0.0656 e. The zero-order valence-corrected chi connectivity index (χ0v) is 16.2. The van der Waals surface area contributed by atoms with Crippen LogP contribution >= 0.6 is 0 Å². The van der Waals surface area contributed by atoms with Crippen LogP contribution in [0.2, 0.25) is 0 Å². The molecular weight excluding hydrogens is 294 g/mol. The monoisotopic (exact) mass is 331 g/mol. The smallest absolute Gasteiger partial charge is 0.0656 e. The summed E-state index contributed by atoms with van der Waals surface area (Å²) in [6.07, 6.45) is 9.00. The molecule has 6 aliphatic rings. The van der Waals surface area contributed by atoms with E-state index in [1.807, 2.05) is 0 Å². The third-order valence-corrected chi connectivity index (χ3v) is 10.1. The predicted molar refractivity (Wildman–Crippen MR) is 97.6 cm³/mol. The van der Waals surface area contributed by atoms with Crippen LogP contribution < -0.4 is 0 Å². The van der Waals surface area contributed by atoms with Gasteiger partial charge in [-0.05, 0) is 92.3 Å². The number of likely N-dealkylation sites (tertiary alicyclic amines) is 1. The van der Waals surface area contributed by atoms with Gasteiger partial charge in [-0.15, -0.1) is 0 Å². The molecule has 2 heteroatoms. The lowest BCUT2D eigenvalue weighted by atomic mass is 9.48. The van der Waals surface area contributed by atoms with Gasteiger partial charge in [-0.2, -0.15) is 0 Å². The van der Waals surface area contributed by atoms with Crippen molar-refractivity contribution >= 4 is 0 Å². The van der Waals surface area contributed by atoms with E-state index in [4.69, 9.17) is 0 Å². The van der Waals surface area contributed by atoms with Crippen molar-refractivity contribution < 1.29 is 5.11 Å². The van der Waals surface area contributed by atoms with Gasteiger partial charge < -0.3 is 5.11 Å². The van der Waals surface area contributed by atoms with E-state index in [0.717, 1.165) is 54.9 Å². The summed E-state index contributed by atoms with van der Waals surface area (Å²) < 4.78 is 0. The fourth-order valence-electron chi connectivity index (χ4n) is 8.43. The van der Waals surface area contributed by atoms with E-state index >= 15 is 0 Å². The molecule has 6 bridgehead atoms. The lowest BCUT2D eigenvalue weighted by Gasteiger charge is -2.61. The second kappa shape index (κ2) is 4.80. The molecule has 6 fully saturated rings. The maximum atomic E-state index is 10.9. The molecule has 24 heavy (non-hydrogen) atoms. The quantitative estimate of drug-likeness (QED) is 0.814. The predicted octanol–water partition coefficient (Wildman–Crippen LogP) is 4.32. The van der Waals surface area contributed by atoms with Crippen molar-refractivity contribution in [2.75, 3.05) is 13.1 Å². The summed E-state index contributed by atoms with van der Waals surface area (Å²) >= 11 is 0. The Morgan fingerprint density at radius 1 is 1.04 bits per heavy atom. The molecule has 0 aromatic rings. The summed E-state index contributed by atoms with van der Waals surface area (Å²) in [6.45, 7) is 12.8. The van der Waals surface area contributed by atoms with Gasteiger partial charge in [0.05, 0.1) is 5.60 Å². The van der Waals surface area contributed by atoms with Crippen LogP contribution in [0.5, 0.6) is 0 Å². The molecule has 5 atom stereocenters. The van der Waals surface area contributed by atoms with Gasteiger partial charge in [0.25, 0.3) is 0 Å². The standard InChI is InChI=1S/C22H37NO/c1-14(23-12-18-5-6-21(4,13-23)20(18,2)3)19-16-7-15-8-17(19)11-22(24,9-15)10-16/h14-19,24H,5-13H2,1-4H3/t14-,15?,16-,17-,18+,19?,21+,22?/m1/s1. The Morgan fingerprint density at radius 2 is 1.71 bits per heavy atom. The third-order valence-electron chi connectivity index (χ3n) is 10.1. The number of hydrogen-bond donors (Lipinski definition) is 1. The first-order chi connectivity index (χ1) is 11.2. The first-order valence-corrected chi connectivity index (χ1v) is 10.7. The zero-order chi connectivity index (χ0) is 16.9. The second-order valence-corrected chi connectivity index (χ2v) is 11.5. The van der Waals surface area contributed by atoms with Crippen molar-refractivity contribution in [1.29, 1.82) is 0 Å². The summed E-state index contributed by atoms with van der Waals surface area (Å²) in [5.41, 5.74) is 0.748. The van der Waals surface area contributed by atoms with Crippen LogP contribution in [0.15, 0.2) is 0 Å². The molecule has 0 spiro atoms. The van der Waals surface area contributed by atoms with Crippen LogP contribution in [-0.4, -0.2) is 34.7 Å². The number of piperidine rings is 1. The minimum absolute atomic E-state index is 0.276. The molecule has 0 aromatic heterocycles. The van der Waals surface area contributed by atoms with E-state index in [2.05, 4.69) is 32.6 Å². The molecule has 1 aliphatic heterocycles. The Balaban J connectivity index is 1.38. The SMILES string of the molecule is C[C@H](C1[C@@H]2CC3C[C@@H]1CC(O)(C3)C2)N1C[C@@H]2CC[C@@](C)(C1)C2(C)C. The third kappa shape index (κ3) is 2.02. The van der Waals surface area contributed by atoms with Gasteiger partial charge in [-0.25, -0.2) is 0 Å². The van der Waals surface area contributed by atoms with Crippen molar-refractivity contribution in [1.82, 2.24) is 4.90 Å². The van der Waals surface area contributed by atoms with Crippen molar-refractivity contribution in [2.24, 2.45) is 40.4 Å². The molecule has 0 aromatic carbocycles. The Labute approximate surface area is 148 Å². The van der Waals surface area contributed by atoms with Crippen molar-refractivity contribution in [3.05, 3.63) is 0 Å². The van der Waals surface area contributed by atoms with Crippen LogP contribution in [0.1, 0.15) is 72.6 Å². The Bertz CT molecular complexity index is 526. The molecule has 136 valence electrons. The fourth-order valence-corrected chi connectivity index (χ4v) is 8.43. The lowest BCUT2D eigenvalue weighted by molar-refractivity contribution is -0.170. The second-order valence-electron chi connectivity index (χ2n) is 11.5. The Kier molecular flexibility index (Phi) is 3.22. The van der Waals surface area contributed by atoms with Gasteiger partial charge in [0.1, 0.15) is 0 Å². The first kappa shape index (κ1) is 16.1. The van der Waals surface area contributed by atoms with Gasteiger partial charge in [-0.3, -0.25) is 4.90 Å². The molecule has 6 rings (SSSR count). The lowest BCUT2D eigenvalue weighted by Crippen LogP contribution is -2.62. The van der Waals surface area contributed by atoms with Crippen LogP contribution in [0.3, 0.4) is 0 Å². The highest BCUT2D eigenvalue weighted by atomic mass is 16.3. The molecule has 2 nitrogen and oxygen atoms in total. The zero-order valence-electron chi connectivity index (χ0n) is 16.2. The Hall–Kier alpha value is -0.0800. The molecule has 0 amide bonds. The highest BCUT2D eigenvalue weighted by molar-refractivity contribution is 5.10. The van der Waals surface area contributed by atoms with E-state index in [-0.39, 0.29) is 5.60 Å². The van der Waals surface area contributed by atoms with E-state index in [9.17, 15) is 5.11 Å². The molecule has 1 heterocycles.